The Morgan fingerprint density at radius 1 is 1.43 bits per heavy atom. The van der Waals surface area contributed by atoms with Crippen LogP contribution in [0.2, 0.25) is 0 Å². The van der Waals surface area contributed by atoms with Crippen LogP contribution < -0.4 is 10.1 Å². The third kappa shape index (κ3) is 3.42. The van der Waals surface area contributed by atoms with E-state index in [0.717, 1.165) is 23.6 Å². The van der Waals surface area contributed by atoms with Crippen LogP contribution in [0.5, 0.6) is 5.75 Å². The van der Waals surface area contributed by atoms with Gasteiger partial charge in [0.25, 0.3) is 0 Å². The lowest BCUT2D eigenvalue weighted by Crippen LogP contribution is -2.13. The Hall–Kier alpha value is -1.88. The summed E-state index contributed by atoms with van der Waals surface area (Å²) < 4.78 is 21.4. The molecule has 0 spiro atoms. The van der Waals surface area contributed by atoms with Crippen molar-refractivity contribution in [2.45, 2.75) is 39.0 Å². The van der Waals surface area contributed by atoms with Crippen molar-refractivity contribution in [3.8, 4) is 5.75 Å². The van der Waals surface area contributed by atoms with Crippen molar-refractivity contribution < 1.29 is 9.13 Å². The number of nitrogens with one attached hydrogen (secondary N) is 1. The quantitative estimate of drug-likeness (QED) is 0.851. The summed E-state index contributed by atoms with van der Waals surface area (Å²) in [5, 5.41) is 3.20. The summed E-state index contributed by atoms with van der Waals surface area (Å²) in [6.45, 7) is 3.92. The maximum absolute atomic E-state index is 13.4. The molecule has 0 amide bonds. The molecule has 112 valence electrons. The molecule has 0 radical (unpaired) electrons. The molecule has 1 saturated carbocycles. The first-order chi connectivity index (χ1) is 10.3. The van der Waals surface area contributed by atoms with Crippen molar-refractivity contribution in [1.82, 2.24) is 14.9 Å². The fourth-order valence-corrected chi connectivity index (χ4v) is 2.36. The highest BCUT2D eigenvalue weighted by Gasteiger charge is 2.25. The lowest BCUT2D eigenvalue weighted by atomic mass is 10.2. The molecule has 1 aliphatic carbocycles. The van der Waals surface area contributed by atoms with Crippen molar-refractivity contribution in [3.05, 3.63) is 47.8 Å². The van der Waals surface area contributed by atoms with Gasteiger partial charge in [0.2, 0.25) is 0 Å². The van der Waals surface area contributed by atoms with Crippen molar-refractivity contribution in [1.29, 1.82) is 0 Å². The Labute approximate surface area is 124 Å². The molecule has 1 aromatic heterocycles. The lowest BCUT2D eigenvalue weighted by Gasteiger charge is -2.13. The van der Waals surface area contributed by atoms with Gasteiger partial charge in [0.05, 0.1) is 18.2 Å². The number of nitrogens with zero attached hydrogens (tertiary/aromatic N) is 2. The highest BCUT2D eigenvalue weighted by atomic mass is 19.1. The minimum atomic E-state index is -0.238. The van der Waals surface area contributed by atoms with Crippen LogP contribution in [0.1, 0.15) is 37.1 Å². The number of halogens is 1. The molecule has 1 N–H and O–H groups in total. The van der Waals surface area contributed by atoms with E-state index in [-0.39, 0.29) is 5.82 Å². The standard InChI is InChI=1S/C16H20FN3O/c1-2-18-8-12-7-13(17)3-6-16(12)21-10-15-9-19-11-20(15)14-4-5-14/h3,6-7,9,11,14,18H,2,4-5,8,10H2,1H3. The Kier molecular flexibility index (Phi) is 4.20. The van der Waals surface area contributed by atoms with Gasteiger partial charge < -0.3 is 14.6 Å². The summed E-state index contributed by atoms with van der Waals surface area (Å²) in [7, 11) is 0. The number of hydrogen-bond donors (Lipinski definition) is 1. The summed E-state index contributed by atoms with van der Waals surface area (Å²) in [5.74, 6) is 0.485. The monoisotopic (exact) mass is 289 g/mol. The molecule has 5 heteroatoms. The van der Waals surface area contributed by atoms with Crippen LogP contribution in [0.4, 0.5) is 4.39 Å². The van der Waals surface area contributed by atoms with Crippen molar-refractivity contribution >= 4 is 0 Å². The number of aromatic nitrogens is 2. The lowest BCUT2D eigenvalue weighted by molar-refractivity contribution is 0.290. The predicted molar refractivity (Wildman–Crippen MR) is 78.6 cm³/mol. The molecule has 1 aromatic carbocycles. The first-order valence-corrected chi connectivity index (χ1v) is 7.40. The van der Waals surface area contributed by atoms with E-state index in [1.807, 2.05) is 19.4 Å². The van der Waals surface area contributed by atoms with Gasteiger partial charge in [-0.15, -0.1) is 0 Å². The number of rotatable bonds is 7. The highest BCUT2D eigenvalue weighted by Crippen LogP contribution is 2.35. The zero-order valence-corrected chi connectivity index (χ0v) is 12.2. The summed E-state index contributed by atoms with van der Waals surface area (Å²) in [4.78, 5) is 4.19. The first-order valence-electron chi connectivity index (χ1n) is 7.40. The highest BCUT2D eigenvalue weighted by molar-refractivity contribution is 5.34. The van der Waals surface area contributed by atoms with Crippen LogP contribution in [-0.2, 0) is 13.2 Å². The summed E-state index contributed by atoms with van der Waals surface area (Å²) in [6.07, 6.45) is 6.13. The molecule has 0 atom stereocenters. The smallest absolute Gasteiger partial charge is 0.130 e. The van der Waals surface area contributed by atoms with Crippen molar-refractivity contribution in [3.63, 3.8) is 0 Å². The molecule has 0 saturated heterocycles. The fraction of sp³-hybridized carbons (Fsp3) is 0.438. The van der Waals surface area contributed by atoms with Crippen LogP contribution >= 0.6 is 0 Å². The second kappa shape index (κ2) is 6.26. The second-order valence-corrected chi connectivity index (χ2v) is 5.34. The molecule has 1 heterocycles. The van der Waals surface area contributed by atoms with E-state index >= 15 is 0 Å². The minimum Gasteiger partial charge on any atom is -0.487 e. The normalized spacial score (nSPS) is 14.4. The summed E-state index contributed by atoms with van der Waals surface area (Å²) in [6, 6.07) is 5.24. The maximum Gasteiger partial charge on any atom is 0.130 e. The van der Waals surface area contributed by atoms with Gasteiger partial charge >= 0.3 is 0 Å². The Bertz CT molecular complexity index is 607. The van der Waals surface area contributed by atoms with Gasteiger partial charge in [0.1, 0.15) is 18.2 Å². The topological polar surface area (TPSA) is 39.1 Å². The number of imidazole rings is 1. The van der Waals surface area contributed by atoms with E-state index in [1.165, 1.54) is 25.0 Å². The van der Waals surface area contributed by atoms with E-state index in [1.54, 1.807) is 6.07 Å². The molecule has 0 bridgehead atoms. The molecule has 2 aromatic rings. The van der Waals surface area contributed by atoms with Gasteiger partial charge in [0.15, 0.2) is 0 Å². The number of ether oxygens (including phenoxy) is 1. The van der Waals surface area contributed by atoms with E-state index in [0.29, 0.717) is 19.2 Å². The summed E-state index contributed by atoms with van der Waals surface area (Å²) in [5.41, 5.74) is 1.91. The molecule has 0 unspecified atom stereocenters. The minimum absolute atomic E-state index is 0.238. The van der Waals surface area contributed by atoms with E-state index in [4.69, 9.17) is 4.74 Å². The zero-order chi connectivity index (χ0) is 14.7. The zero-order valence-electron chi connectivity index (χ0n) is 12.2. The fourth-order valence-electron chi connectivity index (χ4n) is 2.36. The second-order valence-electron chi connectivity index (χ2n) is 5.34. The molecule has 1 aliphatic rings. The predicted octanol–water partition coefficient (Wildman–Crippen LogP) is 3.05. The van der Waals surface area contributed by atoms with Crippen molar-refractivity contribution in [2.75, 3.05) is 6.54 Å². The molecule has 21 heavy (non-hydrogen) atoms. The van der Waals surface area contributed by atoms with Gasteiger partial charge in [-0.05, 0) is 37.6 Å². The maximum atomic E-state index is 13.4. The van der Waals surface area contributed by atoms with Gasteiger partial charge in [-0.25, -0.2) is 9.37 Å². The van der Waals surface area contributed by atoms with Crippen molar-refractivity contribution in [2.24, 2.45) is 0 Å². The van der Waals surface area contributed by atoms with Gasteiger partial charge in [0, 0.05) is 18.2 Å². The largest absolute Gasteiger partial charge is 0.487 e. The van der Waals surface area contributed by atoms with E-state index in [9.17, 15) is 4.39 Å². The first kappa shape index (κ1) is 14.1. The van der Waals surface area contributed by atoms with E-state index in [2.05, 4.69) is 14.9 Å². The Morgan fingerprint density at radius 2 is 2.29 bits per heavy atom. The summed E-state index contributed by atoms with van der Waals surface area (Å²) >= 11 is 0. The van der Waals surface area contributed by atoms with Gasteiger partial charge in [-0.2, -0.15) is 0 Å². The van der Waals surface area contributed by atoms with Crippen LogP contribution in [-0.4, -0.2) is 16.1 Å². The molecule has 1 fully saturated rings. The molecule has 0 aliphatic heterocycles. The molecule has 4 nitrogen and oxygen atoms in total. The SMILES string of the molecule is CCNCc1cc(F)ccc1OCc1cncn1C1CC1. The Balaban J connectivity index is 1.70. The Morgan fingerprint density at radius 3 is 3.05 bits per heavy atom. The number of benzene rings is 1. The molecule has 3 rings (SSSR count). The average molecular weight is 289 g/mol. The van der Waals surface area contributed by atoms with E-state index < -0.39 is 0 Å². The van der Waals surface area contributed by atoms with Crippen LogP contribution in [0.3, 0.4) is 0 Å². The molecular formula is C16H20FN3O. The van der Waals surface area contributed by atoms with Crippen LogP contribution in [0.15, 0.2) is 30.7 Å². The van der Waals surface area contributed by atoms with Crippen LogP contribution in [0, 0.1) is 5.82 Å². The van der Waals surface area contributed by atoms with Gasteiger partial charge in [-0.1, -0.05) is 6.92 Å². The third-order valence-electron chi connectivity index (χ3n) is 3.65. The van der Waals surface area contributed by atoms with Crippen LogP contribution in [0.25, 0.3) is 0 Å². The average Bonchev–Trinajstić information content (AvgIpc) is 3.23. The third-order valence-corrected chi connectivity index (χ3v) is 3.65. The molecular weight excluding hydrogens is 269 g/mol. The van der Waals surface area contributed by atoms with Gasteiger partial charge in [-0.3, -0.25) is 0 Å². The number of hydrogen-bond acceptors (Lipinski definition) is 3.